The highest BCUT2D eigenvalue weighted by atomic mass is 127. The summed E-state index contributed by atoms with van der Waals surface area (Å²) in [7, 11) is 0. The summed E-state index contributed by atoms with van der Waals surface area (Å²) in [5, 5.41) is 19.0. The Hall–Kier alpha value is -2.21. The smallest absolute Gasteiger partial charge is 0.115 e. The summed E-state index contributed by atoms with van der Waals surface area (Å²) in [6.07, 6.45) is 0. The lowest BCUT2D eigenvalue weighted by molar-refractivity contribution is 0.475. The molecule has 0 radical (unpaired) electrons. The molecule has 0 saturated heterocycles. The zero-order valence-electron chi connectivity index (χ0n) is 11.6. The van der Waals surface area contributed by atoms with E-state index in [-0.39, 0.29) is 11.5 Å². The lowest BCUT2D eigenvalue weighted by atomic mass is 10.2. The molecule has 3 aromatic carbocycles. The summed E-state index contributed by atoms with van der Waals surface area (Å²) in [5.74, 6) is 0.467. The number of halogens is 1. The second kappa shape index (κ2) is 6.27. The molecule has 2 N–H and O–H groups in total. The summed E-state index contributed by atoms with van der Waals surface area (Å²) in [6.45, 7) is 0. The van der Waals surface area contributed by atoms with E-state index in [1.807, 2.05) is 48.5 Å². The molecule has 0 aliphatic rings. The SMILES string of the molecule is Oc1ccc(N(c2ccc(O)cc2)c2ccc(I)cc2)cc1. The molecule has 0 aliphatic heterocycles. The van der Waals surface area contributed by atoms with Crippen LogP contribution in [0.2, 0.25) is 0 Å². The molecule has 0 heterocycles. The van der Waals surface area contributed by atoms with Crippen molar-refractivity contribution in [2.45, 2.75) is 0 Å². The number of nitrogens with zero attached hydrogens (tertiary/aromatic N) is 1. The van der Waals surface area contributed by atoms with Gasteiger partial charge in [-0.1, -0.05) is 0 Å². The average molecular weight is 403 g/mol. The quantitative estimate of drug-likeness (QED) is 0.593. The molecule has 3 rings (SSSR count). The fraction of sp³-hybridized carbons (Fsp3) is 0. The van der Waals surface area contributed by atoms with Crippen molar-refractivity contribution in [2.24, 2.45) is 0 Å². The van der Waals surface area contributed by atoms with E-state index in [2.05, 4.69) is 27.5 Å². The predicted molar refractivity (Wildman–Crippen MR) is 97.2 cm³/mol. The Balaban J connectivity index is 2.10. The first-order valence-electron chi connectivity index (χ1n) is 6.77. The Labute approximate surface area is 142 Å². The Morgan fingerprint density at radius 3 is 1.23 bits per heavy atom. The van der Waals surface area contributed by atoms with Crippen LogP contribution < -0.4 is 4.90 Å². The molecule has 0 aliphatic carbocycles. The summed E-state index contributed by atoms with van der Waals surface area (Å²) in [6, 6.07) is 22.3. The third kappa shape index (κ3) is 3.17. The first-order valence-corrected chi connectivity index (χ1v) is 7.85. The van der Waals surface area contributed by atoms with Crippen LogP contribution in [-0.4, -0.2) is 10.2 Å². The molecule has 0 bridgehead atoms. The normalized spacial score (nSPS) is 10.4. The van der Waals surface area contributed by atoms with Gasteiger partial charge in [0.2, 0.25) is 0 Å². The van der Waals surface area contributed by atoms with Gasteiger partial charge >= 0.3 is 0 Å². The Bertz CT molecular complexity index is 644. The summed E-state index contributed by atoms with van der Waals surface area (Å²) in [4.78, 5) is 2.06. The van der Waals surface area contributed by atoms with Crippen LogP contribution in [0.4, 0.5) is 17.1 Å². The molecule has 0 saturated carbocycles. The van der Waals surface area contributed by atoms with Gasteiger partial charge < -0.3 is 15.1 Å². The maximum atomic E-state index is 9.50. The first kappa shape index (κ1) is 14.7. The van der Waals surface area contributed by atoms with Gasteiger partial charge in [0, 0.05) is 20.6 Å². The van der Waals surface area contributed by atoms with Crippen LogP contribution in [0.15, 0.2) is 72.8 Å². The van der Waals surface area contributed by atoms with Crippen molar-refractivity contribution in [3.05, 3.63) is 76.4 Å². The van der Waals surface area contributed by atoms with Crippen LogP contribution in [0.1, 0.15) is 0 Å². The van der Waals surface area contributed by atoms with E-state index in [1.165, 1.54) is 0 Å². The summed E-state index contributed by atoms with van der Waals surface area (Å²) >= 11 is 2.27. The Kier molecular flexibility index (Phi) is 4.20. The zero-order chi connectivity index (χ0) is 15.5. The van der Waals surface area contributed by atoms with E-state index in [9.17, 15) is 10.2 Å². The summed E-state index contributed by atoms with van der Waals surface area (Å²) < 4.78 is 1.16. The van der Waals surface area contributed by atoms with E-state index in [0.717, 1.165) is 20.6 Å². The van der Waals surface area contributed by atoms with Gasteiger partial charge in [-0.2, -0.15) is 0 Å². The minimum absolute atomic E-state index is 0.233. The molecule has 110 valence electrons. The minimum Gasteiger partial charge on any atom is -0.508 e. The highest BCUT2D eigenvalue weighted by molar-refractivity contribution is 14.1. The molecule has 3 aromatic rings. The van der Waals surface area contributed by atoms with E-state index < -0.39 is 0 Å². The molecule has 0 atom stereocenters. The van der Waals surface area contributed by atoms with Gasteiger partial charge in [0.25, 0.3) is 0 Å². The van der Waals surface area contributed by atoms with Gasteiger partial charge in [-0.3, -0.25) is 0 Å². The lowest BCUT2D eigenvalue weighted by Crippen LogP contribution is -2.09. The van der Waals surface area contributed by atoms with Gasteiger partial charge in [-0.25, -0.2) is 0 Å². The number of hydrogen-bond acceptors (Lipinski definition) is 3. The van der Waals surface area contributed by atoms with E-state index >= 15 is 0 Å². The third-order valence-corrected chi connectivity index (χ3v) is 4.02. The highest BCUT2D eigenvalue weighted by Crippen LogP contribution is 2.35. The minimum atomic E-state index is 0.233. The van der Waals surface area contributed by atoms with Crippen molar-refractivity contribution < 1.29 is 10.2 Å². The average Bonchev–Trinajstić information content (AvgIpc) is 2.53. The van der Waals surface area contributed by atoms with Gasteiger partial charge in [0.15, 0.2) is 0 Å². The first-order chi connectivity index (χ1) is 10.6. The summed E-state index contributed by atoms with van der Waals surface area (Å²) in [5.41, 5.74) is 2.88. The van der Waals surface area contributed by atoms with Crippen LogP contribution >= 0.6 is 22.6 Å². The zero-order valence-corrected chi connectivity index (χ0v) is 13.8. The van der Waals surface area contributed by atoms with Crippen molar-refractivity contribution in [2.75, 3.05) is 4.90 Å². The number of aromatic hydroxyl groups is 2. The number of phenolic OH excluding ortho intramolecular Hbond substituents is 2. The maximum Gasteiger partial charge on any atom is 0.115 e. The topological polar surface area (TPSA) is 43.7 Å². The van der Waals surface area contributed by atoms with Gasteiger partial charge in [0.1, 0.15) is 11.5 Å². The van der Waals surface area contributed by atoms with E-state index in [0.29, 0.717) is 0 Å². The number of benzene rings is 3. The number of rotatable bonds is 3. The lowest BCUT2D eigenvalue weighted by Gasteiger charge is -2.25. The molecule has 3 nitrogen and oxygen atoms in total. The molecule has 0 spiro atoms. The van der Waals surface area contributed by atoms with Crippen molar-refractivity contribution >= 4 is 39.7 Å². The van der Waals surface area contributed by atoms with E-state index in [4.69, 9.17) is 0 Å². The monoisotopic (exact) mass is 403 g/mol. The Morgan fingerprint density at radius 1 is 0.545 bits per heavy atom. The van der Waals surface area contributed by atoms with Gasteiger partial charge in [0.05, 0.1) is 0 Å². The van der Waals surface area contributed by atoms with Crippen LogP contribution in [0, 0.1) is 3.57 Å². The molecule has 0 unspecified atom stereocenters. The number of phenols is 2. The molecule has 4 heteroatoms. The van der Waals surface area contributed by atoms with Crippen LogP contribution in [-0.2, 0) is 0 Å². The van der Waals surface area contributed by atoms with Crippen LogP contribution in [0.25, 0.3) is 0 Å². The molecule has 0 aromatic heterocycles. The predicted octanol–water partition coefficient (Wildman–Crippen LogP) is 5.17. The number of anilines is 3. The van der Waals surface area contributed by atoms with Gasteiger partial charge in [-0.05, 0) is 95.4 Å². The molecule has 0 amide bonds. The highest BCUT2D eigenvalue weighted by Gasteiger charge is 2.12. The second-order valence-corrected chi connectivity index (χ2v) is 6.09. The van der Waals surface area contributed by atoms with Crippen molar-refractivity contribution in [3.63, 3.8) is 0 Å². The molecule has 22 heavy (non-hydrogen) atoms. The Morgan fingerprint density at radius 2 is 0.864 bits per heavy atom. The van der Waals surface area contributed by atoms with Gasteiger partial charge in [-0.15, -0.1) is 0 Å². The van der Waals surface area contributed by atoms with Crippen molar-refractivity contribution in [1.82, 2.24) is 0 Å². The third-order valence-electron chi connectivity index (χ3n) is 3.30. The molecular formula is C18H14INO2. The second-order valence-electron chi connectivity index (χ2n) is 4.84. The molecular weight excluding hydrogens is 389 g/mol. The number of hydrogen-bond donors (Lipinski definition) is 2. The van der Waals surface area contributed by atoms with E-state index in [1.54, 1.807) is 24.3 Å². The van der Waals surface area contributed by atoms with Crippen LogP contribution in [0.3, 0.4) is 0 Å². The fourth-order valence-electron chi connectivity index (χ4n) is 2.24. The van der Waals surface area contributed by atoms with Crippen LogP contribution in [0.5, 0.6) is 11.5 Å². The fourth-order valence-corrected chi connectivity index (χ4v) is 2.60. The van der Waals surface area contributed by atoms with Crippen molar-refractivity contribution in [3.8, 4) is 11.5 Å². The maximum absolute atomic E-state index is 9.50. The molecule has 0 fully saturated rings. The van der Waals surface area contributed by atoms with Crippen molar-refractivity contribution in [1.29, 1.82) is 0 Å². The largest absolute Gasteiger partial charge is 0.508 e. The standard InChI is InChI=1S/C18H14INO2/c19-13-1-3-14(4-2-13)20(15-5-9-17(21)10-6-15)16-7-11-18(22)12-8-16/h1-12,21-22H.